The SMILES string of the molecule is COc1ccccc1C1c2c(C(C)(C)C)n[nH]c2C(=O)N1c1ccc(SC(F)(F)F)cc1. The number of halogens is 3. The molecule has 4 rings (SSSR count). The van der Waals surface area contributed by atoms with Crippen molar-refractivity contribution >= 4 is 23.4 Å². The normalized spacial score (nSPS) is 16.4. The lowest BCUT2D eigenvalue weighted by molar-refractivity contribution is -0.0328. The number of nitrogens with zero attached hydrogens (tertiary/aromatic N) is 2. The number of rotatable bonds is 4. The summed E-state index contributed by atoms with van der Waals surface area (Å²) < 4.78 is 43.8. The van der Waals surface area contributed by atoms with Gasteiger partial charge in [0, 0.05) is 27.1 Å². The second-order valence-corrected chi connectivity index (χ2v) is 9.61. The Kier molecular flexibility index (Phi) is 5.48. The van der Waals surface area contributed by atoms with Crippen LogP contribution in [0.4, 0.5) is 18.9 Å². The number of methoxy groups -OCH3 is 1. The molecule has 0 spiro atoms. The summed E-state index contributed by atoms with van der Waals surface area (Å²) in [6.07, 6.45) is 0. The van der Waals surface area contributed by atoms with Gasteiger partial charge in [-0.2, -0.15) is 18.3 Å². The Morgan fingerprint density at radius 1 is 1.06 bits per heavy atom. The summed E-state index contributed by atoms with van der Waals surface area (Å²) in [7, 11) is 1.56. The van der Waals surface area contributed by atoms with Gasteiger partial charge in [-0.3, -0.25) is 14.8 Å². The van der Waals surface area contributed by atoms with Gasteiger partial charge < -0.3 is 4.74 Å². The molecule has 1 aliphatic rings. The quantitative estimate of drug-likeness (QED) is 0.479. The highest BCUT2D eigenvalue weighted by Gasteiger charge is 2.45. The van der Waals surface area contributed by atoms with Crippen LogP contribution in [-0.4, -0.2) is 28.7 Å². The minimum Gasteiger partial charge on any atom is -0.496 e. The number of anilines is 1. The summed E-state index contributed by atoms with van der Waals surface area (Å²) in [4.78, 5) is 15.1. The van der Waals surface area contributed by atoms with Gasteiger partial charge in [0.2, 0.25) is 0 Å². The zero-order valence-electron chi connectivity index (χ0n) is 17.9. The molecule has 5 nitrogen and oxygen atoms in total. The van der Waals surface area contributed by atoms with Crippen LogP contribution < -0.4 is 9.64 Å². The smallest absolute Gasteiger partial charge is 0.446 e. The number of ether oxygens (including phenoxy) is 1. The molecule has 1 atom stereocenters. The summed E-state index contributed by atoms with van der Waals surface area (Å²) in [6, 6.07) is 12.7. The molecular formula is C23H22F3N3O2S. The molecule has 0 saturated heterocycles. The second-order valence-electron chi connectivity index (χ2n) is 8.47. The lowest BCUT2D eigenvalue weighted by Gasteiger charge is -2.29. The summed E-state index contributed by atoms with van der Waals surface area (Å²) in [6.45, 7) is 6.04. The van der Waals surface area contributed by atoms with Crippen LogP contribution in [0.15, 0.2) is 53.4 Å². The van der Waals surface area contributed by atoms with Gasteiger partial charge in [0.25, 0.3) is 5.91 Å². The number of amides is 1. The Labute approximate surface area is 188 Å². The number of aromatic nitrogens is 2. The van der Waals surface area contributed by atoms with Crippen LogP contribution in [0.3, 0.4) is 0 Å². The molecule has 1 unspecified atom stereocenters. The number of aromatic amines is 1. The number of H-pyrrole nitrogens is 1. The van der Waals surface area contributed by atoms with Crippen molar-refractivity contribution in [3.8, 4) is 5.75 Å². The molecule has 3 aromatic rings. The Balaban J connectivity index is 1.86. The number of thioether (sulfide) groups is 1. The average Bonchev–Trinajstić information content (AvgIpc) is 3.26. The first-order valence-corrected chi connectivity index (χ1v) is 10.7. The molecule has 2 aromatic carbocycles. The molecule has 2 heterocycles. The maximum absolute atomic E-state index is 13.5. The van der Waals surface area contributed by atoms with Crippen LogP contribution in [0.1, 0.15) is 54.1 Å². The van der Waals surface area contributed by atoms with Gasteiger partial charge in [0.15, 0.2) is 0 Å². The lowest BCUT2D eigenvalue weighted by atomic mass is 9.85. The molecule has 0 bridgehead atoms. The third-order valence-corrected chi connectivity index (χ3v) is 6.00. The van der Waals surface area contributed by atoms with Crippen molar-refractivity contribution in [3.05, 3.63) is 71.0 Å². The average molecular weight is 462 g/mol. The van der Waals surface area contributed by atoms with Crippen molar-refractivity contribution in [1.82, 2.24) is 10.2 Å². The van der Waals surface area contributed by atoms with Gasteiger partial charge >= 0.3 is 5.51 Å². The van der Waals surface area contributed by atoms with Crippen molar-refractivity contribution < 1.29 is 22.7 Å². The van der Waals surface area contributed by atoms with E-state index in [9.17, 15) is 18.0 Å². The van der Waals surface area contributed by atoms with Gasteiger partial charge in [-0.15, -0.1) is 0 Å². The highest BCUT2D eigenvalue weighted by atomic mass is 32.2. The Bertz CT molecular complexity index is 1150. The van der Waals surface area contributed by atoms with Crippen molar-refractivity contribution in [2.45, 2.75) is 42.6 Å². The predicted octanol–water partition coefficient (Wildman–Crippen LogP) is 6.08. The Hall–Kier alpha value is -2.94. The van der Waals surface area contributed by atoms with E-state index >= 15 is 0 Å². The number of hydrogen-bond donors (Lipinski definition) is 1. The fourth-order valence-electron chi connectivity index (χ4n) is 3.98. The molecule has 0 aliphatic carbocycles. The molecule has 32 heavy (non-hydrogen) atoms. The second kappa shape index (κ2) is 7.88. The van der Waals surface area contributed by atoms with E-state index in [0.717, 1.165) is 16.8 Å². The van der Waals surface area contributed by atoms with Gasteiger partial charge in [-0.25, -0.2) is 0 Å². The third kappa shape index (κ3) is 3.97. The van der Waals surface area contributed by atoms with Crippen LogP contribution in [0, 0.1) is 0 Å². The van der Waals surface area contributed by atoms with Crippen LogP contribution in [0.5, 0.6) is 5.75 Å². The Morgan fingerprint density at radius 3 is 2.31 bits per heavy atom. The number of fused-ring (bicyclic) bond motifs is 1. The maximum Gasteiger partial charge on any atom is 0.446 e. The first-order chi connectivity index (χ1) is 15.0. The van der Waals surface area contributed by atoms with E-state index in [2.05, 4.69) is 10.2 Å². The molecule has 0 saturated carbocycles. The number of hydrogen-bond acceptors (Lipinski definition) is 4. The predicted molar refractivity (Wildman–Crippen MR) is 117 cm³/mol. The molecule has 1 N–H and O–H groups in total. The van der Waals surface area contributed by atoms with Crippen molar-refractivity contribution in [1.29, 1.82) is 0 Å². The van der Waals surface area contributed by atoms with E-state index in [1.807, 2.05) is 45.0 Å². The first kappa shape index (κ1) is 22.3. The molecular weight excluding hydrogens is 439 g/mol. The molecule has 168 valence electrons. The molecule has 1 aromatic heterocycles. The number of para-hydroxylation sites is 1. The molecule has 0 fully saturated rings. The summed E-state index contributed by atoms with van der Waals surface area (Å²) in [5.74, 6) is 0.309. The minimum absolute atomic E-state index is 0.0531. The number of alkyl halides is 3. The third-order valence-electron chi connectivity index (χ3n) is 5.26. The van der Waals surface area contributed by atoms with Gasteiger partial charge in [-0.1, -0.05) is 39.0 Å². The number of carbonyl (C=O) groups excluding carboxylic acids is 1. The van der Waals surface area contributed by atoms with Crippen LogP contribution >= 0.6 is 11.8 Å². The first-order valence-electron chi connectivity index (χ1n) is 9.92. The van der Waals surface area contributed by atoms with Crippen molar-refractivity contribution in [2.24, 2.45) is 0 Å². The summed E-state index contributed by atoms with van der Waals surface area (Å²) >= 11 is -0.189. The van der Waals surface area contributed by atoms with E-state index in [1.54, 1.807) is 12.0 Å². The van der Waals surface area contributed by atoms with Gasteiger partial charge in [0.05, 0.1) is 18.8 Å². The fraction of sp³-hybridized carbons (Fsp3) is 0.304. The van der Waals surface area contributed by atoms with Crippen LogP contribution in [-0.2, 0) is 5.41 Å². The highest BCUT2D eigenvalue weighted by Crippen LogP contribution is 2.47. The monoisotopic (exact) mass is 461 g/mol. The van der Waals surface area contributed by atoms with Crippen LogP contribution in [0.25, 0.3) is 0 Å². The number of benzene rings is 2. The van der Waals surface area contributed by atoms with Gasteiger partial charge in [0.1, 0.15) is 11.4 Å². The van der Waals surface area contributed by atoms with E-state index in [-0.39, 0.29) is 28.0 Å². The van der Waals surface area contributed by atoms with Crippen molar-refractivity contribution in [2.75, 3.05) is 12.0 Å². The van der Waals surface area contributed by atoms with Gasteiger partial charge in [-0.05, 0) is 42.1 Å². The summed E-state index contributed by atoms with van der Waals surface area (Å²) in [5, 5.41) is 7.32. The molecule has 9 heteroatoms. The standard InChI is InChI=1S/C23H22F3N3O2S/c1-22(2,3)20-17-18(27-28-20)21(30)29(19(17)15-7-5-6-8-16(15)31-4)13-9-11-14(12-10-13)32-23(24,25)26/h5-12,19H,1-4H3,(H,27,28). The Morgan fingerprint density at radius 2 is 1.72 bits per heavy atom. The molecule has 1 amide bonds. The van der Waals surface area contributed by atoms with E-state index < -0.39 is 11.6 Å². The maximum atomic E-state index is 13.5. The largest absolute Gasteiger partial charge is 0.496 e. The van der Waals surface area contributed by atoms with Crippen molar-refractivity contribution in [3.63, 3.8) is 0 Å². The zero-order chi connectivity index (χ0) is 23.3. The van der Waals surface area contributed by atoms with E-state index in [0.29, 0.717) is 17.1 Å². The van der Waals surface area contributed by atoms with E-state index in [4.69, 9.17) is 4.74 Å². The van der Waals surface area contributed by atoms with Crippen LogP contribution in [0.2, 0.25) is 0 Å². The fourth-order valence-corrected chi connectivity index (χ4v) is 4.52. The highest BCUT2D eigenvalue weighted by molar-refractivity contribution is 8.00. The lowest BCUT2D eigenvalue weighted by Crippen LogP contribution is -2.30. The number of nitrogens with one attached hydrogen (secondary N) is 1. The summed E-state index contributed by atoms with van der Waals surface area (Å²) in [5.41, 5.74) is -1.59. The topological polar surface area (TPSA) is 58.2 Å². The van der Waals surface area contributed by atoms with E-state index in [1.165, 1.54) is 24.3 Å². The number of carbonyl (C=O) groups is 1. The molecule has 1 aliphatic heterocycles. The molecule has 0 radical (unpaired) electrons. The zero-order valence-corrected chi connectivity index (χ0v) is 18.8. The minimum atomic E-state index is -4.38.